The predicted molar refractivity (Wildman–Crippen MR) is 75.3 cm³/mol. The summed E-state index contributed by atoms with van der Waals surface area (Å²) in [6.07, 6.45) is -4.45. The lowest BCUT2D eigenvalue weighted by Crippen LogP contribution is -2.13. The van der Waals surface area contributed by atoms with Gasteiger partial charge < -0.3 is 10.1 Å². The van der Waals surface area contributed by atoms with Crippen molar-refractivity contribution in [2.45, 2.75) is 19.6 Å². The molecule has 0 saturated heterocycles. The molecule has 5 heteroatoms. The van der Waals surface area contributed by atoms with E-state index in [0.29, 0.717) is 24.4 Å². The lowest BCUT2D eigenvalue weighted by Gasteiger charge is -2.15. The number of nitrogens with one attached hydrogen (secondary N) is 1. The third-order valence-corrected chi connectivity index (χ3v) is 2.90. The molecule has 0 atom stereocenters. The zero-order valence-corrected chi connectivity index (χ0v) is 11.6. The Morgan fingerprint density at radius 1 is 1.05 bits per heavy atom. The van der Waals surface area contributed by atoms with Crippen LogP contribution >= 0.6 is 0 Å². The first-order chi connectivity index (χ1) is 10.0. The first kappa shape index (κ1) is 15.4. The number of halogens is 3. The third-order valence-electron chi connectivity index (χ3n) is 2.90. The number of benzene rings is 2. The highest BCUT2D eigenvalue weighted by molar-refractivity contribution is 5.42. The van der Waals surface area contributed by atoms with Gasteiger partial charge in [0.1, 0.15) is 11.5 Å². The smallest absolute Gasteiger partial charge is 0.419 e. The average Bonchev–Trinajstić information content (AvgIpc) is 2.46. The second kappa shape index (κ2) is 6.63. The van der Waals surface area contributed by atoms with Crippen molar-refractivity contribution in [1.82, 2.24) is 5.32 Å². The van der Waals surface area contributed by atoms with Gasteiger partial charge in [-0.05, 0) is 36.4 Å². The van der Waals surface area contributed by atoms with E-state index < -0.39 is 11.7 Å². The summed E-state index contributed by atoms with van der Waals surface area (Å²) in [7, 11) is 0. The van der Waals surface area contributed by atoms with Gasteiger partial charge in [0.05, 0.1) is 5.56 Å². The molecule has 2 aromatic rings. The fraction of sp³-hybridized carbons (Fsp3) is 0.250. The molecule has 0 amide bonds. The summed E-state index contributed by atoms with van der Waals surface area (Å²) in [6, 6.07) is 12.6. The molecule has 0 aromatic heterocycles. The molecule has 0 aliphatic rings. The van der Waals surface area contributed by atoms with E-state index in [9.17, 15) is 13.2 Å². The molecule has 112 valence electrons. The van der Waals surface area contributed by atoms with E-state index in [1.54, 1.807) is 36.4 Å². The molecule has 0 spiro atoms. The van der Waals surface area contributed by atoms with Crippen LogP contribution < -0.4 is 10.1 Å². The first-order valence-electron chi connectivity index (χ1n) is 6.64. The van der Waals surface area contributed by atoms with Crippen molar-refractivity contribution in [2.24, 2.45) is 0 Å². The Balaban J connectivity index is 2.31. The maximum atomic E-state index is 13.2. The van der Waals surface area contributed by atoms with Crippen molar-refractivity contribution in [3.05, 3.63) is 59.7 Å². The second-order valence-corrected chi connectivity index (χ2v) is 4.52. The Morgan fingerprint density at radius 3 is 2.38 bits per heavy atom. The van der Waals surface area contributed by atoms with Gasteiger partial charge in [-0.15, -0.1) is 0 Å². The van der Waals surface area contributed by atoms with Gasteiger partial charge in [0.15, 0.2) is 0 Å². The molecule has 2 nitrogen and oxygen atoms in total. The Labute approximate surface area is 121 Å². The highest BCUT2D eigenvalue weighted by atomic mass is 19.4. The molecule has 0 heterocycles. The first-order valence-corrected chi connectivity index (χ1v) is 6.64. The monoisotopic (exact) mass is 295 g/mol. The van der Waals surface area contributed by atoms with Crippen molar-refractivity contribution in [3.8, 4) is 11.5 Å². The van der Waals surface area contributed by atoms with E-state index in [4.69, 9.17) is 4.74 Å². The maximum absolute atomic E-state index is 13.2. The van der Waals surface area contributed by atoms with E-state index in [0.717, 1.165) is 6.07 Å². The zero-order chi connectivity index (χ0) is 15.3. The Kier molecular flexibility index (Phi) is 4.85. The molecule has 0 aliphatic heterocycles. The number of rotatable bonds is 5. The SMILES string of the molecule is CCNCc1ccc(Oc2ccccc2)c(C(F)(F)F)c1. The van der Waals surface area contributed by atoms with Gasteiger partial charge in [-0.25, -0.2) is 0 Å². The molecule has 0 bridgehead atoms. The molecule has 2 rings (SSSR count). The van der Waals surface area contributed by atoms with E-state index in [2.05, 4.69) is 5.32 Å². The van der Waals surface area contributed by atoms with Crippen LogP contribution in [-0.2, 0) is 12.7 Å². The number of alkyl halides is 3. The topological polar surface area (TPSA) is 21.3 Å². The Hall–Kier alpha value is -2.01. The minimum Gasteiger partial charge on any atom is -0.457 e. The minimum absolute atomic E-state index is 0.186. The van der Waals surface area contributed by atoms with Crippen LogP contribution in [0.25, 0.3) is 0 Å². The molecule has 2 aromatic carbocycles. The third kappa shape index (κ3) is 4.23. The molecule has 0 unspecified atom stereocenters. The lowest BCUT2D eigenvalue weighted by molar-refractivity contribution is -0.138. The van der Waals surface area contributed by atoms with Gasteiger partial charge in [0.25, 0.3) is 0 Å². The van der Waals surface area contributed by atoms with Gasteiger partial charge in [0.2, 0.25) is 0 Å². The summed E-state index contributed by atoms with van der Waals surface area (Å²) in [4.78, 5) is 0. The standard InChI is InChI=1S/C16H16F3NO/c1-2-20-11-12-8-9-15(14(10-12)16(17,18)19)21-13-6-4-3-5-7-13/h3-10,20H,2,11H2,1H3. The molecule has 0 saturated carbocycles. The summed E-state index contributed by atoms with van der Waals surface area (Å²) >= 11 is 0. The van der Waals surface area contributed by atoms with Gasteiger partial charge >= 0.3 is 6.18 Å². The molecule has 0 radical (unpaired) electrons. The summed E-state index contributed by atoms with van der Waals surface area (Å²) < 4.78 is 44.8. The van der Waals surface area contributed by atoms with E-state index >= 15 is 0 Å². The van der Waals surface area contributed by atoms with Crippen LogP contribution in [0.4, 0.5) is 13.2 Å². The van der Waals surface area contributed by atoms with E-state index in [1.807, 2.05) is 6.92 Å². The van der Waals surface area contributed by atoms with Gasteiger partial charge in [-0.3, -0.25) is 0 Å². The van der Waals surface area contributed by atoms with Crippen molar-refractivity contribution < 1.29 is 17.9 Å². The highest BCUT2D eigenvalue weighted by Crippen LogP contribution is 2.38. The number of hydrogen-bond acceptors (Lipinski definition) is 2. The maximum Gasteiger partial charge on any atom is 0.419 e. The van der Waals surface area contributed by atoms with E-state index in [-0.39, 0.29) is 5.75 Å². The Morgan fingerprint density at radius 2 is 1.76 bits per heavy atom. The molecule has 0 aliphatic carbocycles. The second-order valence-electron chi connectivity index (χ2n) is 4.52. The van der Waals surface area contributed by atoms with Crippen LogP contribution in [-0.4, -0.2) is 6.54 Å². The fourth-order valence-corrected chi connectivity index (χ4v) is 1.88. The van der Waals surface area contributed by atoms with Gasteiger partial charge in [-0.2, -0.15) is 13.2 Å². The molecule has 21 heavy (non-hydrogen) atoms. The molecular formula is C16H16F3NO. The zero-order valence-electron chi connectivity index (χ0n) is 11.6. The summed E-state index contributed by atoms with van der Waals surface area (Å²) in [5.74, 6) is 0.191. The molecular weight excluding hydrogens is 279 g/mol. The predicted octanol–water partition coefficient (Wildman–Crippen LogP) is 4.61. The summed E-state index contributed by atoms with van der Waals surface area (Å²) in [6.45, 7) is 2.99. The van der Waals surface area contributed by atoms with Crippen LogP contribution in [0.1, 0.15) is 18.1 Å². The largest absolute Gasteiger partial charge is 0.457 e. The van der Waals surface area contributed by atoms with Crippen LogP contribution in [0.5, 0.6) is 11.5 Å². The normalized spacial score (nSPS) is 11.4. The van der Waals surface area contributed by atoms with Crippen LogP contribution in [0.3, 0.4) is 0 Å². The van der Waals surface area contributed by atoms with Crippen LogP contribution in [0.2, 0.25) is 0 Å². The van der Waals surface area contributed by atoms with Gasteiger partial charge in [0, 0.05) is 6.54 Å². The summed E-state index contributed by atoms with van der Waals surface area (Å²) in [5.41, 5.74) is -0.189. The minimum atomic E-state index is -4.45. The Bertz CT molecular complexity index is 582. The quantitative estimate of drug-likeness (QED) is 0.870. The number of hydrogen-bond donors (Lipinski definition) is 1. The number of para-hydroxylation sites is 1. The van der Waals surface area contributed by atoms with Crippen molar-refractivity contribution in [2.75, 3.05) is 6.54 Å². The van der Waals surface area contributed by atoms with Crippen molar-refractivity contribution >= 4 is 0 Å². The number of ether oxygens (including phenoxy) is 1. The van der Waals surface area contributed by atoms with E-state index in [1.165, 1.54) is 6.07 Å². The highest BCUT2D eigenvalue weighted by Gasteiger charge is 2.34. The van der Waals surface area contributed by atoms with Crippen LogP contribution in [0.15, 0.2) is 48.5 Å². The van der Waals surface area contributed by atoms with Gasteiger partial charge in [-0.1, -0.05) is 31.2 Å². The van der Waals surface area contributed by atoms with Crippen LogP contribution in [0, 0.1) is 0 Å². The average molecular weight is 295 g/mol. The van der Waals surface area contributed by atoms with Crippen molar-refractivity contribution in [3.63, 3.8) is 0 Å². The molecule has 0 fully saturated rings. The van der Waals surface area contributed by atoms with Crippen molar-refractivity contribution in [1.29, 1.82) is 0 Å². The summed E-state index contributed by atoms with van der Waals surface area (Å²) in [5, 5.41) is 3.00. The lowest BCUT2D eigenvalue weighted by atomic mass is 10.1. The molecule has 1 N–H and O–H groups in total. The fourth-order valence-electron chi connectivity index (χ4n) is 1.88.